The summed E-state index contributed by atoms with van der Waals surface area (Å²) in [6.07, 6.45) is 4.91. The predicted molar refractivity (Wildman–Crippen MR) is 72.6 cm³/mol. The van der Waals surface area contributed by atoms with Crippen LogP contribution in [0.15, 0.2) is 33.5 Å². The van der Waals surface area contributed by atoms with E-state index >= 15 is 0 Å². The van der Waals surface area contributed by atoms with Crippen molar-refractivity contribution in [2.75, 3.05) is 6.73 Å². The lowest BCUT2D eigenvalue weighted by Crippen LogP contribution is -2.36. The lowest BCUT2D eigenvalue weighted by Gasteiger charge is -2.18. The molecule has 4 rings (SSSR count). The number of hydrogen-bond donors (Lipinski definition) is 0. The summed E-state index contributed by atoms with van der Waals surface area (Å²) < 4.78 is 35.4. The van der Waals surface area contributed by atoms with Crippen molar-refractivity contribution in [3.63, 3.8) is 0 Å². The molecule has 116 valence electrons. The molecule has 0 saturated heterocycles. The molecule has 0 aromatic carbocycles. The predicted octanol–water partition coefficient (Wildman–Crippen LogP) is 1.25. The minimum Gasteiger partial charge on any atom is -0.472 e. The van der Waals surface area contributed by atoms with Crippen LogP contribution in [0.1, 0.15) is 29.6 Å². The number of amides is 1. The van der Waals surface area contributed by atoms with Crippen LogP contribution in [-0.2, 0) is 19.6 Å². The number of hydrogen-bond acceptors (Lipinski definition) is 6. The third kappa shape index (κ3) is 1.70. The molecule has 1 amide bonds. The number of ether oxygens (including phenoxy) is 1. The Kier molecular flexibility index (Phi) is 2.75. The van der Waals surface area contributed by atoms with Gasteiger partial charge in [0.15, 0.2) is 6.73 Å². The Morgan fingerprint density at radius 3 is 2.82 bits per heavy atom. The van der Waals surface area contributed by atoms with E-state index in [2.05, 4.69) is 0 Å². The third-order valence-electron chi connectivity index (χ3n) is 4.57. The molecule has 1 aromatic heterocycles. The van der Waals surface area contributed by atoms with E-state index in [0.717, 1.165) is 19.3 Å². The summed E-state index contributed by atoms with van der Waals surface area (Å²) in [5.74, 6) is -1.28. The smallest absolute Gasteiger partial charge is 0.343 e. The minimum atomic E-state index is -3.85. The molecule has 1 aromatic rings. The first-order valence-electron chi connectivity index (χ1n) is 7.00. The highest BCUT2D eigenvalue weighted by Gasteiger charge is 2.55. The van der Waals surface area contributed by atoms with Crippen molar-refractivity contribution in [2.45, 2.75) is 19.3 Å². The normalized spacial score (nSPS) is 28.4. The Morgan fingerprint density at radius 2 is 2.14 bits per heavy atom. The van der Waals surface area contributed by atoms with Crippen LogP contribution in [0, 0.1) is 11.8 Å². The van der Waals surface area contributed by atoms with Crippen LogP contribution in [0.25, 0.3) is 0 Å². The fourth-order valence-corrected chi connectivity index (χ4v) is 5.52. The maximum absolute atomic E-state index is 12.5. The van der Waals surface area contributed by atoms with Crippen molar-refractivity contribution >= 4 is 21.9 Å². The summed E-state index contributed by atoms with van der Waals surface area (Å²) in [5.41, 5.74) is 0.584. The van der Waals surface area contributed by atoms with Gasteiger partial charge >= 0.3 is 5.97 Å². The zero-order chi connectivity index (χ0) is 15.5. The summed E-state index contributed by atoms with van der Waals surface area (Å²) >= 11 is 0. The summed E-state index contributed by atoms with van der Waals surface area (Å²) in [7, 11) is -3.85. The number of fused-ring (bicyclic) bond motifs is 4. The molecule has 0 N–H and O–H groups in total. The van der Waals surface area contributed by atoms with Gasteiger partial charge in [0.1, 0.15) is 6.26 Å². The molecule has 22 heavy (non-hydrogen) atoms. The van der Waals surface area contributed by atoms with Crippen LogP contribution >= 0.6 is 0 Å². The zero-order valence-corrected chi connectivity index (χ0v) is 12.3. The van der Waals surface area contributed by atoms with Gasteiger partial charge in [-0.2, -0.15) is 4.31 Å². The monoisotopic (exact) mass is 323 g/mol. The third-order valence-corrected chi connectivity index (χ3v) is 6.53. The van der Waals surface area contributed by atoms with Gasteiger partial charge in [0, 0.05) is 5.57 Å². The van der Waals surface area contributed by atoms with E-state index < -0.39 is 28.6 Å². The second-order valence-corrected chi connectivity index (χ2v) is 7.55. The standard InChI is InChI=1S/C14H13NO6S/c16-13-11-8-1-2-9(5-8)12(11)22(18,19)15(13)7-21-14(17)10-3-4-20-6-10/h3-4,6,8-9H,1-2,5,7H2. The topological polar surface area (TPSA) is 93.9 Å². The molecule has 3 aliphatic rings. The van der Waals surface area contributed by atoms with Gasteiger partial charge in [-0.25, -0.2) is 13.2 Å². The van der Waals surface area contributed by atoms with Gasteiger partial charge in [-0.15, -0.1) is 0 Å². The van der Waals surface area contributed by atoms with E-state index in [0.29, 0.717) is 9.88 Å². The van der Waals surface area contributed by atoms with Crippen molar-refractivity contribution in [3.05, 3.63) is 34.6 Å². The molecule has 0 radical (unpaired) electrons. The second kappa shape index (κ2) is 4.45. The number of carbonyl (C=O) groups is 2. The molecule has 1 fully saturated rings. The first kappa shape index (κ1) is 13.6. The van der Waals surface area contributed by atoms with Crippen LogP contribution < -0.4 is 0 Å². The molecule has 0 spiro atoms. The van der Waals surface area contributed by atoms with Gasteiger partial charge in [0.2, 0.25) is 0 Å². The number of carbonyl (C=O) groups excluding carboxylic acids is 2. The molecular weight excluding hydrogens is 310 g/mol. The van der Waals surface area contributed by atoms with Crippen molar-refractivity contribution < 1.29 is 27.2 Å². The number of nitrogens with zero attached hydrogens (tertiary/aromatic N) is 1. The van der Waals surface area contributed by atoms with Crippen molar-refractivity contribution in [1.29, 1.82) is 0 Å². The Labute approximate surface area is 126 Å². The van der Waals surface area contributed by atoms with Crippen molar-refractivity contribution in [3.8, 4) is 0 Å². The Balaban J connectivity index is 1.55. The van der Waals surface area contributed by atoms with E-state index in [-0.39, 0.29) is 22.3 Å². The average molecular weight is 323 g/mol. The van der Waals surface area contributed by atoms with Crippen LogP contribution in [0.2, 0.25) is 0 Å². The number of esters is 1. The Hall–Kier alpha value is -2.09. The SMILES string of the molecule is O=C(OCN1C(=O)C2=C(C3CCC2C3)S1(=O)=O)c1ccoc1. The van der Waals surface area contributed by atoms with Crippen molar-refractivity contribution in [1.82, 2.24) is 4.31 Å². The lowest BCUT2D eigenvalue weighted by molar-refractivity contribution is -0.125. The van der Waals surface area contributed by atoms with E-state index in [1.165, 1.54) is 18.6 Å². The highest BCUT2D eigenvalue weighted by molar-refractivity contribution is 7.94. The van der Waals surface area contributed by atoms with Gasteiger partial charge in [0.25, 0.3) is 15.9 Å². The van der Waals surface area contributed by atoms with E-state index in [1.807, 2.05) is 0 Å². The summed E-state index contributed by atoms with van der Waals surface area (Å²) in [5, 5.41) is 0. The van der Waals surface area contributed by atoms with Crippen molar-refractivity contribution in [2.24, 2.45) is 11.8 Å². The summed E-state index contributed by atoms with van der Waals surface area (Å²) in [4.78, 5) is 24.4. The average Bonchev–Trinajstić information content (AvgIpc) is 3.23. The number of furan rings is 1. The molecule has 1 aliphatic heterocycles. The van der Waals surface area contributed by atoms with Crippen LogP contribution in [-0.4, -0.2) is 31.3 Å². The quantitative estimate of drug-likeness (QED) is 0.777. The summed E-state index contributed by atoms with van der Waals surface area (Å²) in [6.45, 7) is -0.600. The molecular formula is C14H13NO6S. The molecule has 2 atom stereocenters. The van der Waals surface area contributed by atoms with Crippen LogP contribution in [0.5, 0.6) is 0 Å². The summed E-state index contributed by atoms with van der Waals surface area (Å²) in [6, 6.07) is 1.40. The minimum absolute atomic E-state index is 0.0388. The van der Waals surface area contributed by atoms with E-state index in [9.17, 15) is 18.0 Å². The molecule has 2 unspecified atom stereocenters. The molecule has 2 heterocycles. The maximum Gasteiger partial charge on any atom is 0.343 e. The van der Waals surface area contributed by atoms with E-state index in [4.69, 9.17) is 9.15 Å². The number of rotatable bonds is 3. The first-order valence-corrected chi connectivity index (χ1v) is 8.44. The highest BCUT2D eigenvalue weighted by atomic mass is 32.2. The van der Waals surface area contributed by atoms with Gasteiger partial charge in [0.05, 0.1) is 16.7 Å². The number of sulfonamides is 1. The molecule has 7 nitrogen and oxygen atoms in total. The van der Waals surface area contributed by atoms with E-state index in [1.54, 1.807) is 0 Å². The highest BCUT2D eigenvalue weighted by Crippen LogP contribution is 2.54. The first-order chi connectivity index (χ1) is 10.5. The largest absolute Gasteiger partial charge is 0.472 e. The number of allylic oxidation sites excluding steroid dienone is 1. The maximum atomic E-state index is 12.5. The van der Waals surface area contributed by atoms with Crippen LogP contribution in [0.3, 0.4) is 0 Å². The fraction of sp³-hybridized carbons (Fsp3) is 0.429. The molecule has 2 aliphatic carbocycles. The molecule has 2 bridgehead atoms. The molecule has 8 heteroatoms. The fourth-order valence-electron chi connectivity index (χ4n) is 3.60. The zero-order valence-electron chi connectivity index (χ0n) is 11.5. The van der Waals surface area contributed by atoms with Gasteiger partial charge in [-0.3, -0.25) is 4.79 Å². The van der Waals surface area contributed by atoms with Gasteiger partial charge in [-0.1, -0.05) is 0 Å². The van der Waals surface area contributed by atoms with Gasteiger partial charge < -0.3 is 9.15 Å². The molecule has 1 saturated carbocycles. The lowest BCUT2D eigenvalue weighted by atomic mass is 9.98. The van der Waals surface area contributed by atoms with Crippen LogP contribution in [0.4, 0.5) is 0 Å². The second-order valence-electron chi connectivity index (χ2n) is 5.72. The van der Waals surface area contributed by atoms with Gasteiger partial charge in [-0.05, 0) is 37.2 Å². The Bertz CT molecular complexity index is 791. The Morgan fingerprint density at radius 1 is 1.36 bits per heavy atom.